The van der Waals surface area contributed by atoms with Crippen molar-refractivity contribution in [2.24, 2.45) is 0 Å². The van der Waals surface area contributed by atoms with E-state index in [2.05, 4.69) is 0 Å². The summed E-state index contributed by atoms with van der Waals surface area (Å²) >= 11 is 0. The fraction of sp³-hybridized carbons (Fsp3) is 0.889. The van der Waals surface area contributed by atoms with Crippen LogP contribution in [0.2, 0.25) is 0 Å². The molecule has 0 aromatic rings. The van der Waals surface area contributed by atoms with Crippen LogP contribution in [0.25, 0.3) is 0 Å². The predicted molar refractivity (Wildman–Crippen MR) is 59.5 cm³/mol. The molecule has 0 unspecified atom stereocenters. The number of amides is 1. The Kier molecular flexibility index (Phi) is 7.58. The van der Waals surface area contributed by atoms with Gasteiger partial charge in [-0.1, -0.05) is 0 Å². The summed E-state index contributed by atoms with van der Waals surface area (Å²) < 4.78 is 22.1. The van der Waals surface area contributed by atoms with Gasteiger partial charge in [-0.15, -0.1) is 0 Å². The van der Waals surface area contributed by atoms with Gasteiger partial charge in [-0.25, -0.2) is 5.06 Å². The van der Waals surface area contributed by atoms with Gasteiger partial charge in [0.1, 0.15) is 0 Å². The lowest BCUT2D eigenvalue weighted by atomic mass is 10.4. The number of hydrogen-bond acceptors (Lipinski definition) is 5. The topological polar surface area (TPSA) is 76.1 Å². The van der Waals surface area contributed by atoms with E-state index in [4.69, 9.17) is 14.3 Å². The standard InChI is InChI=1S/C9H20NO5P/c1-4-14-16(13,15-5-2)8-6-7-10(12)9(3)11/h12H,4-8H2,1-3H3. The normalized spacial score (nSPS) is 11.5. The molecule has 0 atom stereocenters. The van der Waals surface area contributed by atoms with Gasteiger partial charge < -0.3 is 9.05 Å². The molecule has 6 nitrogen and oxygen atoms in total. The van der Waals surface area contributed by atoms with Crippen LogP contribution >= 0.6 is 7.60 Å². The van der Waals surface area contributed by atoms with Crippen LogP contribution in [-0.4, -0.2) is 42.1 Å². The zero-order valence-electron chi connectivity index (χ0n) is 10.0. The Labute approximate surface area is 96.0 Å². The minimum Gasteiger partial charge on any atom is -0.309 e. The summed E-state index contributed by atoms with van der Waals surface area (Å²) in [6.07, 6.45) is 0.562. The highest BCUT2D eigenvalue weighted by Crippen LogP contribution is 2.48. The fourth-order valence-corrected chi connectivity index (χ4v) is 2.78. The van der Waals surface area contributed by atoms with E-state index in [1.807, 2.05) is 0 Å². The number of carbonyl (C=O) groups excluding carboxylic acids is 1. The van der Waals surface area contributed by atoms with Crippen LogP contribution in [0.4, 0.5) is 0 Å². The first-order valence-corrected chi connectivity index (χ1v) is 7.03. The molecule has 7 heteroatoms. The monoisotopic (exact) mass is 253 g/mol. The second-order valence-electron chi connectivity index (χ2n) is 3.17. The van der Waals surface area contributed by atoms with E-state index in [0.29, 0.717) is 24.7 Å². The van der Waals surface area contributed by atoms with Crippen molar-refractivity contribution in [2.45, 2.75) is 27.2 Å². The van der Waals surface area contributed by atoms with E-state index in [0.717, 1.165) is 0 Å². The summed E-state index contributed by atoms with van der Waals surface area (Å²) in [7, 11) is -3.05. The summed E-state index contributed by atoms with van der Waals surface area (Å²) in [5, 5.41) is 9.68. The summed E-state index contributed by atoms with van der Waals surface area (Å²) in [4.78, 5) is 10.7. The van der Waals surface area contributed by atoms with E-state index >= 15 is 0 Å². The maximum Gasteiger partial charge on any atom is 0.330 e. The summed E-state index contributed by atoms with van der Waals surface area (Å²) in [6.45, 7) is 5.48. The number of hydrogen-bond donors (Lipinski definition) is 1. The number of hydroxylamine groups is 2. The van der Waals surface area contributed by atoms with E-state index in [1.54, 1.807) is 13.8 Å². The lowest BCUT2D eigenvalue weighted by molar-refractivity contribution is -0.162. The Morgan fingerprint density at radius 2 is 1.81 bits per heavy atom. The average molecular weight is 253 g/mol. The third kappa shape index (κ3) is 6.23. The zero-order valence-corrected chi connectivity index (χ0v) is 10.9. The molecule has 1 amide bonds. The van der Waals surface area contributed by atoms with E-state index in [-0.39, 0.29) is 12.7 Å². The van der Waals surface area contributed by atoms with Crippen LogP contribution < -0.4 is 0 Å². The van der Waals surface area contributed by atoms with Crippen molar-refractivity contribution < 1.29 is 23.6 Å². The minimum absolute atomic E-state index is 0.124. The van der Waals surface area contributed by atoms with Gasteiger partial charge in [-0.05, 0) is 20.3 Å². The molecule has 0 saturated heterocycles. The molecule has 0 bridgehead atoms. The van der Waals surface area contributed by atoms with E-state index < -0.39 is 13.5 Å². The highest BCUT2D eigenvalue weighted by Gasteiger charge is 2.23. The molecule has 0 radical (unpaired) electrons. The average Bonchev–Trinajstić information content (AvgIpc) is 2.17. The Balaban J connectivity index is 4.03. The zero-order chi connectivity index (χ0) is 12.6. The lowest BCUT2D eigenvalue weighted by Crippen LogP contribution is -2.26. The van der Waals surface area contributed by atoms with Gasteiger partial charge in [0.2, 0.25) is 5.91 Å². The van der Waals surface area contributed by atoms with Crippen LogP contribution in [0.3, 0.4) is 0 Å². The molecule has 0 heterocycles. The summed E-state index contributed by atoms with van der Waals surface area (Å²) in [5.41, 5.74) is 0. The van der Waals surface area contributed by atoms with Gasteiger partial charge in [-0.2, -0.15) is 0 Å². The second kappa shape index (κ2) is 7.79. The molecule has 96 valence electrons. The Morgan fingerprint density at radius 3 is 2.19 bits per heavy atom. The molecule has 1 N–H and O–H groups in total. The first-order valence-electron chi connectivity index (χ1n) is 5.30. The molecular formula is C9H20NO5P. The van der Waals surface area contributed by atoms with Gasteiger partial charge in [0, 0.05) is 13.5 Å². The molecule has 0 rings (SSSR count). The smallest absolute Gasteiger partial charge is 0.309 e. The van der Waals surface area contributed by atoms with Crippen molar-refractivity contribution in [1.29, 1.82) is 0 Å². The van der Waals surface area contributed by atoms with Crippen LogP contribution in [0, 0.1) is 0 Å². The first-order chi connectivity index (χ1) is 7.45. The van der Waals surface area contributed by atoms with Crippen LogP contribution in [-0.2, 0) is 18.4 Å². The third-order valence-corrected chi connectivity index (χ3v) is 3.98. The van der Waals surface area contributed by atoms with E-state index in [9.17, 15) is 9.36 Å². The Bertz CT molecular complexity index is 248. The maximum atomic E-state index is 11.9. The number of rotatable bonds is 8. The molecule has 0 spiro atoms. The molecule has 0 aliphatic carbocycles. The fourth-order valence-electron chi connectivity index (χ4n) is 1.13. The summed E-state index contributed by atoms with van der Waals surface area (Å²) in [5.74, 6) is -0.442. The molecule has 16 heavy (non-hydrogen) atoms. The van der Waals surface area contributed by atoms with Crippen LogP contribution in [0.1, 0.15) is 27.2 Å². The molecule has 0 aliphatic rings. The number of carbonyl (C=O) groups is 1. The largest absolute Gasteiger partial charge is 0.330 e. The van der Waals surface area contributed by atoms with Gasteiger partial charge in [0.05, 0.1) is 19.4 Å². The van der Waals surface area contributed by atoms with Crippen molar-refractivity contribution in [2.75, 3.05) is 25.9 Å². The second-order valence-corrected chi connectivity index (χ2v) is 5.35. The van der Waals surface area contributed by atoms with Gasteiger partial charge >= 0.3 is 7.60 Å². The number of nitrogens with zero attached hydrogens (tertiary/aromatic N) is 1. The summed E-state index contributed by atoms with van der Waals surface area (Å²) in [6, 6.07) is 0. The third-order valence-electron chi connectivity index (χ3n) is 1.82. The van der Waals surface area contributed by atoms with Crippen molar-refractivity contribution in [3.8, 4) is 0 Å². The van der Waals surface area contributed by atoms with Crippen molar-refractivity contribution in [3.63, 3.8) is 0 Å². The van der Waals surface area contributed by atoms with Gasteiger partial charge in [-0.3, -0.25) is 14.6 Å². The van der Waals surface area contributed by atoms with E-state index in [1.165, 1.54) is 6.92 Å². The van der Waals surface area contributed by atoms with Crippen molar-refractivity contribution in [3.05, 3.63) is 0 Å². The maximum absolute atomic E-state index is 11.9. The van der Waals surface area contributed by atoms with Crippen molar-refractivity contribution >= 4 is 13.5 Å². The molecule has 0 saturated carbocycles. The molecule has 0 aromatic carbocycles. The molecule has 0 aliphatic heterocycles. The Hall–Kier alpha value is -0.420. The Morgan fingerprint density at radius 1 is 1.31 bits per heavy atom. The van der Waals surface area contributed by atoms with Crippen molar-refractivity contribution in [1.82, 2.24) is 5.06 Å². The van der Waals surface area contributed by atoms with Crippen LogP contribution in [0.15, 0.2) is 0 Å². The first kappa shape index (κ1) is 15.6. The molecule has 0 fully saturated rings. The SMILES string of the molecule is CCOP(=O)(CCCN(O)C(C)=O)OCC. The quantitative estimate of drug-likeness (QED) is 0.406. The molecule has 0 aromatic heterocycles. The van der Waals surface area contributed by atoms with Crippen LogP contribution in [0.5, 0.6) is 0 Å². The highest BCUT2D eigenvalue weighted by atomic mass is 31.2. The van der Waals surface area contributed by atoms with Gasteiger partial charge in [0.15, 0.2) is 0 Å². The molecular weight excluding hydrogens is 233 g/mol. The lowest BCUT2D eigenvalue weighted by Gasteiger charge is -2.18. The van der Waals surface area contributed by atoms with Gasteiger partial charge in [0.25, 0.3) is 0 Å². The predicted octanol–water partition coefficient (Wildman–Crippen LogP) is 1.88. The highest BCUT2D eigenvalue weighted by molar-refractivity contribution is 7.53. The minimum atomic E-state index is -3.05.